The smallest absolute Gasteiger partial charge is 0.337 e. The molecule has 1 amide bonds. The molecular formula is C18H25ClN2O3. The van der Waals surface area contributed by atoms with Gasteiger partial charge in [0.2, 0.25) is 5.91 Å². The van der Waals surface area contributed by atoms with Crippen LogP contribution < -0.4 is 5.32 Å². The van der Waals surface area contributed by atoms with E-state index in [1.807, 2.05) is 0 Å². The Morgan fingerprint density at radius 3 is 2.88 bits per heavy atom. The zero-order valence-electron chi connectivity index (χ0n) is 14.3. The number of hydrogen-bond acceptors (Lipinski definition) is 4. The minimum atomic E-state index is -0.457. The number of ether oxygens (including phenoxy) is 1. The van der Waals surface area contributed by atoms with E-state index in [1.54, 1.807) is 18.2 Å². The molecule has 0 bridgehead atoms. The summed E-state index contributed by atoms with van der Waals surface area (Å²) in [6, 6.07) is 5.28. The molecule has 5 nitrogen and oxygen atoms in total. The van der Waals surface area contributed by atoms with Crippen molar-refractivity contribution in [3.05, 3.63) is 28.8 Å². The lowest BCUT2D eigenvalue weighted by Gasteiger charge is -2.35. The number of piperidine rings is 1. The summed E-state index contributed by atoms with van der Waals surface area (Å²) in [5.74, 6) is -0.555. The van der Waals surface area contributed by atoms with Crippen LogP contribution in [0.4, 0.5) is 5.69 Å². The van der Waals surface area contributed by atoms with Gasteiger partial charge in [-0.2, -0.15) is 0 Å². The zero-order valence-corrected chi connectivity index (χ0v) is 15.1. The van der Waals surface area contributed by atoms with E-state index in [9.17, 15) is 9.59 Å². The molecule has 0 spiro atoms. The molecule has 0 saturated carbocycles. The van der Waals surface area contributed by atoms with Gasteiger partial charge in [0.1, 0.15) is 0 Å². The number of nitrogens with zero attached hydrogens (tertiary/aromatic N) is 1. The lowest BCUT2D eigenvalue weighted by atomic mass is 10.00. The Morgan fingerprint density at radius 1 is 1.38 bits per heavy atom. The fourth-order valence-electron chi connectivity index (χ4n) is 3.14. The predicted octanol–water partition coefficient (Wildman–Crippen LogP) is 3.72. The molecule has 132 valence electrons. The Labute approximate surface area is 148 Å². The van der Waals surface area contributed by atoms with Crippen molar-refractivity contribution in [2.24, 2.45) is 0 Å². The van der Waals surface area contributed by atoms with Gasteiger partial charge in [0.25, 0.3) is 0 Å². The maximum Gasteiger partial charge on any atom is 0.337 e. The number of esters is 1. The SMILES string of the molecule is CCC1CCCCN1CCC(=O)Nc1cc(C(=O)OC)ccc1Cl. The number of carbonyl (C=O) groups excluding carboxylic acids is 2. The molecule has 1 atom stereocenters. The number of amides is 1. The Bertz CT molecular complexity index is 592. The van der Waals surface area contributed by atoms with E-state index in [-0.39, 0.29) is 5.91 Å². The zero-order chi connectivity index (χ0) is 17.5. The first kappa shape index (κ1) is 18.7. The Hall–Kier alpha value is -1.59. The van der Waals surface area contributed by atoms with Crippen molar-refractivity contribution in [3.63, 3.8) is 0 Å². The van der Waals surface area contributed by atoms with Gasteiger partial charge in [0, 0.05) is 19.0 Å². The molecule has 6 heteroatoms. The van der Waals surface area contributed by atoms with Crippen molar-refractivity contribution in [1.82, 2.24) is 4.90 Å². The Balaban J connectivity index is 1.93. The normalized spacial score (nSPS) is 18.2. The van der Waals surface area contributed by atoms with Crippen LogP contribution in [0.1, 0.15) is 49.4 Å². The summed E-state index contributed by atoms with van der Waals surface area (Å²) in [7, 11) is 1.32. The molecule has 1 heterocycles. The first-order valence-corrected chi connectivity index (χ1v) is 8.84. The molecule has 1 unspecified atom stereocenters. The third-order valence-electron chi connectivity index (χ3n) is 4.51. The summed E-state index contributed by atoms with van der Waals surface area (Å²) >= 11 is 6.11. The van der Waals surface area contributed by atoms with E-state index in [0.717, 1.165) is 19.5 Å². The maximum absolute atomic E-state index is 12.2. The summed E-state index contributed by atoms with van der Waals surface area (Å²) in [6.45, 7) is 4.00. The average Bonchev–Trinajstić information content (AvgIpc) is 2.61. The Morgan fingerprint density at radius 2 is 2.17 bits per heavy atom. The van der Waals surface area contributed by atoms with Gasteiger partial charge >= 0.3 is 5.97 Å². The van der Waals surface area contributed by atoms with Crippen LogP contribution in [0.15, 0.2) is 18.2 Å². The number of methoxy groups -OCH3 is 1. The highest BCUT2D eigenvalue weighted by molar-refractivity contribution is 6.33. The van der Waals surface area contributed by atoms with Gasteiger partial charge in [-0.15, -0.1) is 0 Å². The highest BCUT2D eigenvalue weighted by atomic mass is 35.5. The van der Waals surface area contributed by atoms with Gasteiger partial charge < -0.3 is 10.1 Å². The molecule has 0 radical (unpaired) electrons. The lowest BCUT2D eigenvalue weighted by molar-refractivity contribution is -0.116. The van der Waals surface area contributed by atoms with E-state index in [4.69, 9.17) is 11.6 Å². The molecule has 1 aliphatic rings. The number of anilines is 1. The minimum Gasteiger partial charge on any atom is -0.465 e. The van der Waals surface area contributed by atoms with E-state index in [0.29, 0.717) is 28.7 Å². The number of rotatable bonds is 6. The summed E-state index contributed by atoms with van der Waals surface area (Å²) in [5, 5.41) is 3.20. The van der Waals surface area contributed by atoms with Gasteiger partial charge in [-0.25, -0.2) is 4.79 Å². The van der Waals surface area contributed by atoms with Gasteiger partial charge in [0.05, 0.1) is 23.4 Å². The topological polar surface area (TPSA) is 58.6 Å². The molecule has 1 aromatic rings. The van der Waals surface area contributed by atoms with Crippen LogP contribution in [0.2, 0.25) is 5.02 Å². The number of halogens is 1. The van der Waals surface area contributed by atoms with Crippen LogP contribution in [-0.2, 0) is 9.53 Å². The molecule has 0 aromatic heterocycles. The van der Waals surface area contributed by atoms with Crippen LogP contribution in [0.25, 0.3) is 0 Å². The van der Waals surface area contributed by atoms with Crippen molar-refractivity contribution < 1.29 is 14.3 Å². The van der Waals surface area contributed by atoms with Crippen LogP contribution >= 0.6 is 11.6 Å². The average molecular weight is 353 g/mol. The van der Waals surface area contributed by atoms with E-state index >= 15 is 0 Å². The van der Waals surface area contributed by atoms with Crippen LogP contribution in [0, 0.1) is 0 Å². The van der Waals surface area contributed by atoms with Gasteiger partial charge in [-0.05, 0) is 44.0 Å². The first-order chi connectivity index (χ1) is 11.5. The molecule has 24 heavy (non-hydrogen) atoms. The quantitative estimate of drug-likeness (QED) is 0.793. The number of nitrogens with one attached hydrogen (secondary N) is 1. The standard InChI is InChI=1S/C18H25ClN2O3/c1-3-14-6-4-5-10-21(14)11-9-17(22)20-16-12-13(18(23)24-2)7-8-15(16)19/h7-8,12,14H,3-6,9-11H2,1-2H3,(H,20,22). The molecule has 2 rings (SSSR count). The van der Waals surface area contributed by atoms with Gasteiger partial charge in [-0.3, -0.25) is 9.69 Å². The van der Waals surface area contributed by atoms with Crippen molar-refractivity contribution in [2.45, 2.75) is 45.1 Å². The van der Waals surface area contributed by atoms with E-state index < -0.39 is 5.97 Å². The van der Waals surface area contributed by atoms with Gasteiger partial charge in [-0.1, -0.05) is 24.9 Å². The van der Waals surface area contributed by atoms with Crippen LogP contribution in [0.5, 0.6) is 0 Å². The van der Waals surface area contributed by atoms with Crippen LogP contribution in [0.3, 0.4) is 0 Å². The van der Waals surface area contributed by atoms with Crippen molar-refractivity contribution in [2.75, 3.05) is 25.5 Å². The highest BCUT2D eigenvalue weighted by Gasteiger charge is 2.21. The maximum atomic E-state index is 12.2. The second-order valence-electron chi connectivity index (χ2n) is 6.08. The fraction of sp³-hybridized carbons (Fsp3) is 0.556. The third-order valence-corrected chi connectivity index (χ3v) is 4.84. The molecule has 0 aliphatic carbocycles. The first-order valence-electron chi connectivity index (χ1n) is 8.47. The molecule has 1 N–H and O–H groups in total. The number of hydrogen-bond donors (Lipinski definition) is 1. The Kier molecular flexibility index (Phi) is 7.06. The summed E-state index contributed by atoms with van der Waals surface area (Å²) in [5.41, 5.74) is 0.800. The lowest BCUT2D eigenvalue weighted by Crippen LogP contribution is -2.40. The van der Waals surface area contributed by atoms with Crippen molar-refractivity contribution in [3.8, 4) is 0 Å². The largest absolute Gasteiger partial charge is 0.465 e. The van der Waals surface area contributed by atoms with Gasteiger partial charge in [0.15, 0.2) is 0 Å². The van der Waals surface area contributed by atoms with Crippen molar-refractivity contribution in [1.29, 1.82) is 0 Å². The number of benzene rings is 1. The van der Waals surface area contributed by atoms with E-state index in [2.05, 4.69) is 21.9 Å². The summed E-state index contributed by atoms with van der Waals surface area (Å²) < 4.78 is 4.69. The molecule has 1 aliphatic heterocycles. The second-order valence-corrected chi connectivity index (χ2v) is 6.49. The molecule has 1 fully saturated rings. The summed E-state index contributed by atoms with van der Waals surface area (Å²) in [6.07, 6.45) is 5.22. The molecular weight excluding hydrogens is 328 g/mol. The predicted molar refractivity (Wildman–Crippen MR) is 95.5 cm³/mol. The number of carbonyl (C=O) groups is 2. The number of likely N-dealkylation sites (tertiary alicyclic amines) is 1. The minimum absolute atomic E-state index is 0.0978. The highest BCUT2D eigenvalue weighted by Crippen LogP contribution is 2.24. The van der Waals surface area contributed by atoms with Crippen LogP contribution in [-0.4, -0.2) is 43.0 Å². The molecule has 1 saturated heterocycles. The monoisotopic (exact) mass is 352 g/mol. The summed E-state index contributed by atoms with van der Waals surface area (Å²) in [4.78, 5) is 26.2. The third kappa shape index (κ3) is 4.95. The second kappa shape index (κ2) is 9.04. The molecule has 1 aromatic carbocycles. The van der Waals surface area contributed by atoms with Crippen molar-refractivity contribution >= 4 is 29.2 Å². The van der Waals surface area contributed by atoms with E-state index in [1.165, 1.54) is 26.4 Å². The fourth-order valence-corrected chi connectivity index (χ4v) is 3.31.